The van der Waals surface area contributed by atoms with Crippen LogP contribution in [0.1, 0.15) is 15.9 Å². The van der Waals surface area contributed by atoms with Gasteiger partial charge in [0, 0.05) is 38.4 Å². The fourth-order valence-corrected chi connectivity index (χ4v) is 3.35. The van der Waals surface area contributed by atoms with Crippen molar-refractivity contribution in [1.82, 2.24) is 4.98 Å². The molecule has 23 heavy (non-hydrogen) atoms. The number of aliphatic imine (C=N–C) groups is 1. The number of carbonyl (C=O) groups is 1. The Morgan fingerprint density at radius 1 is 1.17 bits per heavy atom. The Kier molecular flexibility index (Phi) is 2.96. The second kappa shape index (κ2) is 4.89. The number of ketones is 1. The highest BCUT2D eigenvalue weighted by atomic mass is 32.2. The maximum absolute atomic E-state index is 12.6. The molecule has 2 aromatic carbocycles. The van der Waals surface area contributed by atoms with Crippen LogP contribution in [0.2, 0.25) is 0 Å². The molecule has 6 heteroatoms. The van der Waals surface area contributed by atoms with Crippen molar-refractivity contribution in [2.24, 2.45) is 4.99 Å². The molecule has 114 valence electrons. The number of carbonyl (C=O) groups excluding carboxylic acids is 1. The molecule has 5 nitrogen and oxygen atoms in total. The second-order valence-corrected chi connectivity index (χ2v) is 6.70. The molecular weight excluding hydrogens is 312 g/mol. The number of aromatic amines is 1. The number of para-hydroxylation sites is 1. The van der Waals surface area contributed by atoms with E-state index in [-0.39, 0.29) is 17.4 Å². The van der Waals surface area contributed by atoms with Gasteiger partial charge in [0.25, 0.3) is 0 Å². The van der Waals surface area contributed by atoms with Crippen LogP contribution in [0.15, 0.2) is 52.4 Å². The van der Waals surface area contributed by atoms with E-state index in [0.29, 0.717) is 32.6 Å². The lowest BCUT2D eigenvalue weighted by atomic mass is 10.0. The van der Waals surface area contributed by atoms with Crippen LogP contribution in [0.4, 0.5) is 5.69 Å². The van der Waals surface area contributed by atoms with E-state index in [1.54, 1.807) is 42.7 Å². The van der Waals surface area contributed by atoms with Crippen molar-refractivity contribution in [2.75, 3.05) is 6.26 Å². The third kappa shape index (κ3) is 2.03. The van der Waals surface area contributed by atoms with E-state index < -0.39 is 10.8 Å². The standard InChI is InChI=1S/C17H12N2O3S/c1-23(22)9-6-7-13-11(8-9)14(17(21)19-13)15-16(20)10-4-2-3-5-12(10)18-15/h2-8,19,21H,1H3. The molecule has 0 amide bonds. The molecule has 2 N–H and O–H groups in total. The quantitative estimate of drug-likeness (QED) is 0.760. The zero-order valence-electron chi connectivity index (χ0n) is 12.2. The third-order valence-corrected chi connectivity index (χ3v) is 4.83. The van der Waals surface area contributed by atoms with Crippen molar-refractivity contribution >= 4 is 38.9 Å². The summed E-state index contributed by atoms with van der Waals surface area (Å²) in [7, 11) is -1.15. The molecule has 1 aromatic heterocycles. The molecular formula is C17H12N2O3S. The van der Waals surface area contributed by atoms with E-state index in [4.69, 9.17) is 0 Å². The Morgan fingerprint density at radius 3 is 2.70 bits per heavy atom. The first-order chi connectivity index (χ1) is 11.1. The number of nitrogens with zero attached hydrogens (tertiary/aromatic N) is 1. The zero-order chi connectivity index (χ0) is 16.1. The summed E-state index contributed by atoms with van der Waals surface area (Å²) in [6.07, 6.45) is 1.58. The van der Waals surface area contributed by atoms with Gasteiger partial charge in [-0.05, 0) is 30.3 Å². The summed E-state index contributed by atoms with van der Waals surface area (Å²) < 4.78 is 11.7. The topological polar surface area (TPSA) is 82.5 Å². The molecule has 0 fully saturated rings. The van der Waals surface area contributed by atoms with E-state index in [0.717, 1.165) is 0 Å². The van der Waals surface area contributed by atoms with Gasteiger partial charge >= 0.3 is 0 Å². The number of aromatic hydroxyl groups is 1. The molecule has 1 aliphatic rings. The first-order valence-electron chi connectivity index (χ1n) is 6.97. The van der Waals surface area contributed by atoms with Gasteiger partial charge in [-0.15, -0.1) is 0 Å². The van der Waals surface area contributed by atoms with Crippen molar-refractivity contribution in [1.29, 1.82) is 0 Å². The van der Waals surface area contributed by atoms with Crippen LogP contribution in [0.25, 0.3) is 10.9 Å². The number of hydrogen-bond acceptors (Lipinski definition) is 4. The van der Waals surface area contributed by atoms with E-state index in [9.17, 15) is 14.1 Å². The van der Waals surface area contributed by atoms with Crippen molar-refractivity contribution in [2.45, 2.75) is 4.90 Å². The lowest BCUT2D eigenvalue weighted by Gasteiger charge is -2.01. The van der Waals surface area contributed by atoms with Crippen LogP contribution in [0.5, 0.6) is 5.88 Å². The molecule has 1 aliphatic heterocycles. The van der Waals surface area contributed by atoms with Crippen LogP contribution < -0.4 is 0 Å². The minimum absolute atomic E-state index is 0.112. The predicted octanol–water partition coefficient (Wildman–Crippen LogP) is 2.93. The molecule has 4 rings (SSSR count). The Morgan fingerprint density at radius 2 is 1.96 bits per heavy atom. The van der Waals surface area contributed by atoms with Crippen molar-refractivity contribution < 1.29 is 14.1 Å². The van der Waals surface area contributed by atoms with Crippen LogP contribution in [-0.2, 0) is 10.8 Å². The van der Waals surface area contributed by atoms with Gasteiger partial charge in [0.1, 0.15) is 5.71 Å². The van der Waals surface area contributed by atoms with E-state index in [1.807, 2.05) is 6.07 Å². The molecule has 1 atom stereocenters. The van der Waals surface area contributed by atoms with Gasteiger partial charge < -0.3 is 10.1 Å². The average Bonchev–Trinajstić information content (AvgIpc) is 3.03. The van der Waals surface area contributed by atoms with Gasteiger partial charge in [0.2, 0.25) is 5.78 Å². The number of hydrogen-bond donors (Lipinski definition) is 2. The van der Waals surface area contributed by atoms with Gasteiger partial charge in [0.05, 0.1) is 11.3 Å². The summed E-state index contributed by atoms with van der Waals surface area (Å²) in [5.41, 5.74) is 2.34. The number of aromatic nitrogens is 1. The van der Waals surface area contributed by atoms with Crippen molar-refractivity contribution in [3.05, 3.63) is 53.6 Å². The van der Waals surface area contributed by atoms with Crippen LogP contribution in [0.3, 0.4) is 0 Å². The van der Waals surface area contributed by atoms with Gasteiger partial charge in [-0.25, -0.2) is 4.99 Å². The maximum atomic E-state index is 12.6. The molecule has 0 bridgehead atoms. The molecule has 2 heterocycles. The summed E-state index contributed by atoms with van der Waals surface area (Å²) in [6.45, 7) is 0. The lowest BCUT2D eigenvalue weighted by molar-refractivity contribution is 0.107. The fraction of sp³-hybridized carbons (Fsp3) is 0.0588. The number of rotatable bonds is 2. The summed E-state index contributed by atoms with van der Waals surface area (Å²) in [6, 6.07) is 12.3. The summed E-state index contributed by atoms with van der Waals surface area (Å²) in [5, 5.41) is 10.9. The van der Waals surface area contributed by atoms with Gasteiger partial charge in [-0.3, -0.25) is 9.00 Å². The van der Waals surface area contributed by atoms with Gasteiger partial charge in [0.15, 0.2) is 5.88 Å². The summed E-state index contributed by atoms with van der Waals surface area (Å²) in [4.78, 5) is 20.4. The molecule has 0 saturated carbocycles. The number of H-pyrrole nitrogens is 1. The Bertz CT molecular complexity index is 1030. The SMILES string of the molecule is CS(=O)c1ccc2[nH]c(O)c(C3=Nc4ccccc4C3=O)c2c1. The first-order valence-corrected chi connectivity index (χ1v) is 8.53. The number of nitrogens with one attached hydrogen (secondary N) is 1. The van der Waals surface area contributed by atoms with E-state index >= 15 is 0 Å². The van der Waals surface area contributed by atoms with Crippen molar-refractivity contribution in [3.8, 4) is 5.88 Å². The smallest absolute Gasteiger partial charge is 0.214 e. The summed E-state index contributed by atoms with van der Waals surface area (Å²) >= 11 is 0. The van der Waals surface area contributed by atoms with Gasteiger partial charge in [-0.1, -0.05) is 12.1 Å². The first kappa shape index (κ1) is 13.9. The lowest BCUT2D eigenvalue weighted by Crippen LogP contribution is -2.10. The van der Waals surface area contributed by atoms with Crippen LogP contribution in [0, 0.1) is 0 Å². The number of benzene rings is 2. The number of fused-ring (bicyclic) bond motifs is 2. The maximum Gasteiger partial charge on any atom is 0.214 e. The molecule has 3 aromatic rings. The number of Topliss-reactive ketones (excluding diaryl/α,β-unsaturated/α-hetero) is 1. The van der Waals surface area contributed by atoms with Gasteiger partial charge in [-0.2, -0.15) is 0 Å². The monoisotopic (exact) mass is 324 g/mol. The molecule has 1 unspecified atom stereocenters. The van der Waals surface area contributed by atoms with Crippen LogP contribution >= 0.6 is 0 Å². The third-order valence-electron chi connectivity index (χ3n) is 3.91. The minimum Gasteiger partial charge on any atom is -0.494 e. The van der Waals surface area contributed by atoms with Crippen molar-refractivity contribution in [3.63, 3.8) is 0 Å². The predicted molar refractivity (Wildman–Crippen MR) is 89.3 cm³/mol. The van der Waals surface area contributed by atoms with E-state index in [1.165, 1.54) is 0 Å². The Labute approximate surface area is 134 Å². The molecule has 0 aliphatic carbocycles. The zero-order valence-corrected chi connectivity index (χ0v) is 13.0. The molecule has 0 radical (unpaired) electrons. The van der Waals surface area contributed by atoms with Crippen LogP contribution in [-0.4, -0.2) is 32.1 Å². The highest BCUT2D eigenvalue weighted by molar-refractivity contribution is 7.84. The fourth-order valence-electron chi connectivity index (χ4n) is 2.81. The Hall–Kier alpha value is -2.73. The normalized spacial score (nSPS) is 14.8. The minimum atomic E-state index is -1.15. The van der Waals surface area contributed by atoms with E-state index in [2.05, 4.69) is 9.98 Å². The Balaban J connectivity index is 1.97. The molecule has 0 spiro atoms. The average molecular weight is 324 g/mol. The second-order valence-electron chi connectivity index (χ2n) is 5.32. The highest BCUT2D eigenvalue weighted by Gasteiger charge is 2.29. The summed E-state index contributed by atoms with van der Waals surface area (Å²) in [5.74, 6) is -0.334. The largest absolute Gasteiger partial charge is 0.494 e. The highest BCUT2D eigenvalue weighted by Crippen LogP contribution is 2.35. The molecule has 0 saturated heterocycles.